The van der Waals surface area contributed by atoms with Crippen LogP contribution in [0.2, 0.25) is 0 Å². The minimum atomic E-state index is -5.79. The molecule has 7 N–H and O–H groups in total. The summed E-state index contributed by atoms with van der Waals surface area (Å²) in [5.74, 6) is 0. The number of hydrogen-bond donors (Lipinski definition) is 7. The Bertz CT molecular complexity index is 1340. The maximum Gasteiger partial charge on any atom is 0.490 e. The van der Waals surface area contributed by atoms with Crippen molar-refractivity contribution in [1.29, 1.82) is 5.26 Å². The molecule has 3 heterocycles. The quantitative estimate of drug-likeness (QED) is 0.128. The number of aromatic nitrogens is 5. The van der Waals surface area contributed by atoms with Gasteiger partial charge in [-0.25, -0.2) is 13.7 Å². The first-order valence-corrected chi connectivity index (χ1v) is 12.8. The standard InChI is InChI=1S/C10H13N6O15P3/c11-1-3-5-6(16(20)13-3)9(19)15(14-12-5)10-8(18)7(17)4(29-10)2-28-33(24,25)31-34(26,27)30-32(21,22)23/h4,7-8,10,17-18,20H,2H2,(H,24,25)(H,26,27)(H2,21,22,23). The van der Waals surface area contributed by atoms with Gasteiger partial charge < -0.3 is 39.7 Å². The lowest BCUT2D eigenvalue weighted by atomic mass is 10.1. The van der Waals surface area contributed by atoms with E-state index in [9.17, 15) is 38.8 Å². The molecule has 3 rings (SSSR count). The molecule has 1 aliphatic heterocycles. The van der Waals surface area contributed by atoms with Gasteiger partial charge in [0, 0.05) is 0 Å². The zero-order chi connectivity index (χ0) is 25.6. The molecule has 2 aromatic heterocycles. The van der Waals surface area contributed by atoms with Crippen molar-refractivity contribution in [2.75, 3.05) is 6.61 Å². The molecular weight excluding hydrogens is 537 g/mol. The van der Waals surface area contributed by atoms with Crippen LogP contribution in [-0.2, 0) is 31.6 Å². The second-order valence-corrected chi connectivity index (χ2v) is 10.7. The van der Waals surface area contributed by atoms with Crippen LogP contribution in [0.3, 0.4) is 0 Å². The Kier molecular flexibility index (Phi) is 7.12. The zero-order valence-electron chi connectivity index (χ0n) is 15.9. The van der Waals surface area contributed by atoms with E-state index in [1.807, 2.05) is 0 Å². The van der Waals surface area contributed by atoms with Gasteiger partial charge in [-0.05, 0) is 0 Å². The maximum atomic E-state index is 12.6. The first kappa shape index (κ1) is 26.5. The molecule has 0 spiro atoms. The molecule has 0 aromatic carbocycles. The molecular formula is C10H13N6O15P3. The molecule has 0 saturated carbocycles. The third-order valence-electron chi connectivity index (χ3n) is 4.00. The van der Waals surface area contributed by atoms with Gasteiger partial charge in [0.25, 0.3) is 0 Å². The first-order chi connectivity index (χ1) is 15.6. The summed E-state index contributed by atoms with van der Waals surface area (Å²) >= 11 is 0. The average Bonchev–Trinajstić information content (AvgIpc) is 3.15. The smallest absolute Gasteiger partial charge is 0.411 e. The second-order valence-electron chi connectivity index (χ2n) is 6.32. The van der Waals surface area contributed by atoms with E-state index in [1.54, 1.807) is 6.07 Å². The highest BCUT2D eigenvalue weighted by Gasteiger charge is 2.47. The highest BCUT2D eigenvalue weighted by molar-refractivity contribution is 7.66. The monoisotopic (exact) mass is 550 g/mol. The Morgan fingerprint density at radius 3 is 2.32 bits per heavy atom. The molecule has 24 heteroatoms. The van der Waals surface area contributed by atoms with Crippen molar-refractivity contribution in [3.05, 3.63) is 16.0 Å². The molecule has 0 amide bonds. The van der Waals surface area contributed by atoms with Gasteiger partial charge in [0.15, 0.2) is 23.0 Å². The number of rotatable bonds is 8. The van der Waals surface area contributed by atoms with E-state index >= 15 is 0 Å². The molecule has 1 fully saturated rings. The van der Waals surface area contributed by atoms with Gasteiger partial charge in [-0.3, -0.25) is 9.32 Å². The van der Waals surface area contributed by atoms with Crippen molar-refractivity contribution in [3.63, 3.8) is 0 Å². The van der Waals surface area contributed by atoms with Gasteiger partial charge in [-0.1, -0.05) is 10.1 Å². The van der Waals surface area contributed by atoms with Crippen LogP contribution >= 0.6 is 23.5 Å². The number of nitrogens with zero attached hydrogens (tertiary/aromatic N) is 6. The van der Waals surface area contributed by atoms with Crippen LogP contribution < -0.4 is 5.56 Å². The third-order valence-corrected chi connectivity index (χ3v) is 7.80. The van der Waals surface area contributed by atoms with E-state index in [-0.39, 0.29) is 10.4 Å². The van der Waals surface area contributed by atoms with Crippen LogP contribution in [0, 0.1) is 11.3 Å². The number of fused-ring (bicyclic) bond motifs is 1. The van der Waals surface area contributed by atoms with Crippen LogP contribution in [0.5, 0.6) is 0 Å². The summed E-state index contributed by atoms with van der Waals surface area (Å²) in [5, 5.41) is 49.2. The molecule has 1 aliphatic rings. The van der Waals surface area contributed by atoms with Crippen molar-refractivity contribution >= 4 is 34.5 Å². The summed E-state index contributed by atoms with van der Waals surface area (Å²) < 4.78 is 50.6. The Morgan fingerprint density at radius 1 is 1.09 bits per heavy atom. The predicted octanol–water partition coefficient (Wildman–Crippen LogP) is -2.94. The molecule has 188 valence electrons. The number of aliphatic hydroxyl groups is 2. The first-order valence-electron chi connectivity index (χ1n) is 8.33. The third kappa shape index (κ3) is 5.56. The minimum Gasteiger partial charge on any atom is -0.411 e. The second kappa shape index (κ2) is 9.14. The minimum absolute atomic E-state index is 0.0337. The van der Waals surface area contributed by atoms with Crippen molar-refractivity contribution in [1.82, 2.24) is 24.9 Å². The molecule has 1 saturated heterocycles. The van der Waals surface area contributed by atoms with Crippen LogP contribution in [0.15, 0.2) is 4.79 Å². The lowest BCUT2D eigenvalue weighted by Crippen LogP contribution is -2.37. The molecule has 6 unspecified atom stereocenters. The van der Waals surface area contributed by atoms with Crippen molar-refractivity contribution < 1.29 is 66.6 Å². The summed E-state index contributed by atoms with van der Waals surface area (Å²) in [6, 6.07) is 1.56. The Labute approximate surface area is 185 Å². The summed E-state index contributed by atoms with van der Waals surface area (Å²) in [7, 11) is -17.0. The number of hydrogen-bond acceptors (Lipinski definition) is 15. The van der Waals surface area contributed by atoms with E-state index in [0.717, 1.165) is 0 Å². The van der Waals surface area contributed by atoms with E-state index in [1.165, 1.54) is 0 Å². The molecule has 34 heavy (non-hydrogen) atoms. The van der Waals surface area contributed by atoms with Gasteiger partial charge in [-0.2, -0.15) is 18.6 Å². The fourth-order valence-electron chi connectivity index (χ4n) is 2.70. The fraction of sp³-hybridized carbons (Fsp3) is 0.500. The SMILES string of the molecule is N#Cc1nn(O)c2c(=O)n(C3OC(COP(=O)(O)OP(=O)(O)OP(=O)(O)O)C(O)C3O)nnc12. The number of aliphatic hydroxyl groups excluding tert-OH is 2. The van der Waals surface area contributed by atoms with E-state index in [4.69, 9.17) is 24.7 Å². The van der Waals surface area contributed by atoms with Gasteiger partial charge in [0.2, 0.25) is 0 Å². The summed E-state index contributed by atoms with van der Waals surface area (Å²) in [4.78, 5) is 48.2. The average molecular weight is 550 g/mol. The van der Waals surface area contributed by atoms with Gasteiger partial charge >= 0.3 is 29.0 Å². The summed E-state index contributed by atoms with van der Waals surface area (Å²) in [6.45, 7) is -1.14. The van der Waals surface area contributed by atoms with Crippen LogP contribution in [0.1, 0.15) is 11.9 Å². The maximum absolute atomic E-state index is 12.6. The predicted molar refractivity (Wildman–Crippen MR) is 97.2 cm³/mol. The Morgan fingerprint density at radius 2 is 1.74 bits per heavy atom. The number of nitriles is 1. The normalized spacial score (nSPS) is 26.7. The molecule has 2 aromatic rings. The molecule has 0 aliphatic carbocycles. The van der Waals surface area contributed by atoms with Crippen LogP contribution in [-0.4, -0.2) is 84.9 Å². The van der Waals surface area contributed by atoms with Crippen LogP contribution in [0.25, 0.3) is 11.0 Å². The number of phosphoric ester groups is 1. The zero-order valence-corrected chi connectivity index (χ0v) is 18.6. The molecule has 0 radical (unpaired) electrons. The van der Waals surface area contributed by atoms with Gasteiger partial charge in [0.05, 0.1) is 6.61 Å². The topological polar surface area (TPSA) is 319 Å². The van der Waals surface area contributed by atoms with E-state index in [0.29, 0.717) is 4.68 Å². The highest BCUT2D eigenvalue weighted by Crippen LogP contribution is 2.66. The Hall–Kier alpha value is -2.14. The summed E-state index contributed by atoms with van der Waals surface area (Å²) in [5.41, 5.74) is -2.64. The summed E-state index contributed by atoms with van der Waals surface area (Å²) in [6.07, 6.45) is -7.38. The fourth-order valence-corrected chi connectivity index (χ4v) is 5.73. The van der Waals surface area contributed by atoms with E-state index in [2.05, 4.69) is 28.6 Å². The largest absolute Gasteiger partial charge is 0.490 e. The van der Waals surface area contributed by atoms with Crippen molar-refractivity contribution in [2.45, 2.75) is 24.5 Å². The molecule has 6 atom stereocenters. The van der Waals surface area contributed by atoms with E-state index < -0.39 is 71.4 Å². The number of phosphoric acid groups is 3. The lowest BCUT2D eigenvalue weighted by Gasteiger charge is -2.19. The Balaban J connectivity index is 1.76. The lowest BCUT2D eigenvalue weighted by molar-refractivity contribution is -0.0612. The number of ether oxygens (including phenoxy) is 1. The van der Waals surface area contributed by atoms with Crippen LogP contribution in [0.4, 0.5) is 0 Å². The van der Waals surface area contributed by atoms with Crippen molar-refractivity contribution in [2.24, 2.45) is 0 Å². The van der Waals surface area contributed by atoms with Gasteiger partial charge in [0.1, 0.15) is 24.4 Å². The highest BCUT2D eigenvalue weighted by atomic mass is 31.3. The molecule has 21 nitrogen and oxygen atoms in total. The molecule has 0 bridgehead atoms. The van der Waals surface area contributed by atoms with Gasteiger partial charge in [-0.15, -0.1) is 10.2 Å². The van der Waals surface area contributed by atoms with Crippen molar-refractivity contribution in [3.8, 4) is 6.07 Å².